The third-order valence-corrected chi connectivity index (χ3v) is 4.50. The lowest BCUT2D eigenvalue weighted by molar-refractivity contribution is 0.482. The van der Waals surface area contributed by atoms with Crippen LogP contribution in [0.15, 0.2) is 85.1 Å². The number of fused-ring (bicyclic) bond motifs is 3. The van der Waals surface area contributed by atoms with Crippen LogP contribution in [0.5, 0.6) is 11.5 Å². The number of nitrogen functional groups attached to an aromatic ring is 1. The summed E-state index contributed by atoms with van der Waals surface area (Å²) in [4.78, 5) is 4.48. The third kappa shape index (κ3) is 2.66. The van der Waals surface area contributed by atoms with Gasteiger partial charge < -0.3 is 10.5 Å². The number of rotatable bonds is 3. The van der Waals surface area contributed by atoms with Crippen molar-refractivity contribution in [3.63, 3.8) is 0 Å². The fourth-order valence-corrected chi connectivity index (χ4v) is 3.22. The summed E-state index contributed by atoms with van der Waals surface area (Å²) in [5.74, 6) is 2.03. The molecule has 3 aromatic carbocycles. The number of nitrogens with two attached hydrogens (primary N) is 1. The second kappa shape index (κ2) is 6.14. The summed E-state index contributed by atoms with van der Waals surface area (Å²) in [5, 5.41) is 6.40. The molecule has 2 aromatic heterocycles. The van der Waals surface area contributed by atoms with Crippen molar-refractivity contribution < 1.29 is 4.74 Å². The van der Waals surface area contributed by atoms with Crippen LogP contribution in [-0.4, -0.2) is 14.8 Å². The molecular formula is C22H16N4O. The van der Waals surface area contributed by atoms with Gasteiger partial charge in [0.25, 0.3) is 0 Å². The first-order valence-electron chi connectivity index (χ1n) is 8.65. The summed E-state index contributed by atoms with van der Waals surface area (Å²) in [7, 11) is 0. The second-order valence-electron chi connectivity index (χ2n) is 6.24. The van der Waals surface area contributed by atoms with E-state index in [4.69, 9.17) is 10.5 Å². The lowest BCUT2D eigenvalue weighted by atomic mass is 10.1. The standard InChI is InChI=1S/C22H16N4O/c23-22-19-14-24-20-9-5-4-8-18(20)21(19)26(25-22)15-10-12-17(13-11-15)27-16-6-2-1-3-7-16/h1-14H,(H2,23,25). The van der Waals surface area contributed by atoms with Crippen LogP contribution in [0.1, 0.15) is 0 Å². The molecular weight excluding hydrogens is 336 g/mol. The molecule has 2 N–H and O–H groups in total. The minimum absolute atomic E-state index is 0.466. The van der Waals surface area contributed by atoms with Crippen molar-refractivity contribution in [2.45, 2.75) is 0 Å². The Morgan fingerprint density at radius 2 is 1.44 bits per heavy atom. The summed E-state index contributed by atoms with van der Waals surface area (Å²) in [6.45, 7) is 0. The zero-order chi connectivity index (χ0) is 18.2. The van der Waals surface area contributed by atoms with Gasteiger partial charge in [-0.3, -0.25) is 4.98 Å². The highest BCUT2D eigenvalue weighted by molar-refractivity contribution is 6.07. The number of ether oxygens (including phenoxy) is 1. The number of benzene rings is 3. The molecule has 27 heavy (non-hydrogen) atoms. The first-order valence-corrected chi connectivity index (χ1v) is 8.65. The topological polar surface area (TPSA) is 66.0 Å². The minimum Gasteiger partial charge on any atom is -0.457 e. The molecule has 0 radical (unpaired) electrons. The van der Waals surface area contributed by atoms with E-state index in [1.165, 1.54) is 0 Å². The average molecular weight is 352 g/mol. The van der Waals surface area contributed by atoms with Crippen molar-refractivity contribution in [2.75, 3.05) is 5.73 Å². The van der Waals surface area contributed by atoms with Crippen LogP contribution in [-0.2, 0) is 0 Å². The molecule has 0 atom stereocenters. The van der Waals surface area contributed by atoms with Crippen molar-refractivity contribution in [3.05, 3.63) is 85.1 Å². The van der Waals surface area contributed by atoms with E-state index >= 15 is 0 Å². The summed E-state index contributed by atoms with van der Waals surface area (Å²) < 4.78 is 7.73. The largest absolute Gasteiger partial charge is 0.457 e. The van der Waals surface area contributed by atoms with Gasteiger partial charge in [-0.1, -0.05) is 36.4 Å². The van der Waals surface area contributed by atoms with E-state index in [1.54, 1.807) is 6.20 Å². The van der Waals surface area contributed by atoms with Crippen LogP contribution in [0.2, 0.25) is 0 Å². The number of nitrogens with zero attached hydrogens (tertiary/aromatic N) is 3. The van der Waals surface area contributed by atoms with E-state index in [9.17, 15) is 0 Å². The van der Waals surface area contributed by atoms with Crippen molar-refractivity contribution in [1.82, 2.24) is 14.8 Å². The monoisotopic (exact) mass is 352 g/mol. The molecule has 0 saturated heterocycles. The molecule has 5 rings (SSSR count). The highest BCUT2D eigenvalue weighted by Crippen LogP contribution is 2.30. The lowest BCUT2D eigenvalue weighted by Crippen LogP contribution is -1.98. The van der Waals surface area contributed by atoms with Crippen LogP contribution in [0.25, 0.3) is 27.5 Å². The predicted molar refractivity (Wildman–Crippen MR) is 107 cm³/mol. The Balaban J connectivity index is 1.60. The third-order valence-electron chi connectivity index (χ3n) is 4.50. The van der Waals surface area contributed by atoms with Crippen molar-refractivity contribution in [2.24, 2.45) is 0 Å². The van der Waals surface area contributed by atoms with Gasteiger partial charge in [0, 0.05) is 11.6 Å². The number of anilines is 1. The first-order chi connectivity index (χ1) is 13.3. The second-order valence-corrected chi connectivity index (χ2v) is 6.24. The molecule has 0 amide bonds. The smallest absolute Gasteiger partial charge is 0.155 e. The van der Waals surface area contributed by atoms with Gasteiger partial charge in [-0.2, -0.15) is 0 Å². The molecule has 5 heteroatoms. The van der Waals surface area contributed by atoms with Gasteiger partial charge in [-0.05, 0) is 42.5 Å². The molecule has 2 heterocycles. The van der Waals surface area contributed by atoms with E-state index in [2.05, 4.69) is 10.1 Å². The summed E-state index contributed by atoms with van der Waals surface area (Å²) in [6, 6.07) is 25.5. The van der Waals surface area contributed by atoms with Gasteiger partial charge in [-0.15, -0.1) is 5.10 Å². The molecule has 0 spiro atoms. The van der Waals surface area contributed by atoms with Gasteiger partial charge in [0.05, 0.1) is 22.1 Å². The van der Waals surface area contributed by atoms with E-state index in [1.807, 2.05) is 83.5 Å². The lowest BCUT2D eigenvalue weighted by Gasteiger charge is -2.08. The van der Waals surface area contributed by atoms with Crippen LogP contribution in [0, 0.1) is 0 Å². The Hall–Kier alpha value is -3.86. The van der Waals surface area contributed by atoms with Crippen LogP contribution < -0.4 is 10.5 Å². The van der Waals surface area contributed by atoms with Gasteiger partial charge in [0.1, 0.15) is 11.5 Å². The maximum absolute atomic E-state index is 6.14. The molecule has 0 saturated carbocycles. The van der Waals surface area contributed by atoms with Crippen LogP contribution >= 0.6 is 0 Å². The molecule has 0 unspecified atom stereocenters. The zero-order valence-corrected chi connectivity index (χ0v) is 14.4. The molecule has 0 bridgehead atoms. The Labute approximate surface area is 155 Å². The summed E-state index contributed by atoms with van der Waals surface area (Å²) in [6.07, 6.45) is 1.78. The normalized spacial score (nSPS) is 11.1. The first kappa shape index (κ1) is 15.4. The molecule has 5 nitrogen and oxygen atoms in total. The fourth-order valence-electron chi connectivity index (χ4n) is 3.22. The van der Waals surface area contributed by atoms with E-state index in [0.717, 1.165) is 39.0 Å². The Morgan fingerprint density at radius 3 is 2.26 bits per heavy atom. The van der Waals surface area contributed by atoms with Crippen LogP contribution in [0.3, 0.4) is 0 Å². The average Bonchev–Trinajstić information content (AvgIpc) is 3.06. The van der Waals surface area contributed by atoms with Crippen molar-refractivity contribution in [1.29, 1.82) is 0 Å². The Morgan fingerprint density at radius 1 is 0.741 bits per heavy atom. The molecule has 5 aromatic rings. The molecule has 0 fully saturated rings. The van der Waals surface area contributed by atoms with E-state index < -0.39 is 0 Å². The zero-order valence-electron chi connectivity index (χ0n) is 14.4. The molecule has 130 valence electrons. The number of aromatic nitrogens is 3. The highest BCUT2D eigenvalue weighted by Gasteiger charge is 2.13. The van der Waals surface area contributed by atoms with Crippen molar-refractivity contribution >= 4 is 27.6 Å². The highest BCUT2D eigenvalue weighted by atomic mass is 16.5. The van der Waals surface area contributed by atoms with Gasteiger partial charge in [-0.25, -0.2) is 4.68 Å². The Kier molecular flexibility index (Phi) is 3.50. The van der Waals surface area contributed by atoms with Gasteiger partial charge in [0.2, 0.25) is 0 Å². The quantitative estimate of drug-likeness (QED) is 0.499. The maximum atomic E-state index is 6.14. The number of hydrogen-bond donors (Lipinski definition) is 1. The summed E-state index contributed by atoms with van der Waals surface area (Å²) in [5.41, 5.74) is 8.92. The Bertz CT molecular complexity index is 1240. The predicted octanol–water partition coefficient (Wildman–Crippen LogP) is 4.95. The fraction of sp³-hybridized carbons (Fsp3) is 0. The minimum atomic E-state index is 0.466. The van der Waals surface area contributed by atoms with E-state index in [0.29, 0.717) is 5.82 Å². The molecule has 0 aliphatic rings. The van der Waals surface area contributed by atoms with Crippen molar-refractivity contribution in [3.8, 4) is 17.2 Å². The maximum Gasteiger partial charge on any atom is 0.155 e. The van der Waals surface area contributed by atoms with Gasteiger partial charge in [0.15, 0.2) is 5.82 Å². The van der Waals surface area contributed by atoms with E-state index in [-0.39, 0.29) is 0 Å². The number of pyridine rings is 1. The number of para-hydroxylation sites is 2. The summed E-state index contributed by atoms with van der Waals surface area (Å²) >= 11 is 0. The SMILES string of the molecule is Nc1nn(-c2ccc(Oc3ccccc3)cc2)c2c1cnc1ccccc12. The van der Waals surface area contributed by atoms with Gasteiger partial charge >= 0.3 is 0 Å². The molecule has 0 aliphatic carbocycles. The molecule has 0 aliphatic heterocycles. The number of hydrogen-bond acceptors (Lipinski definition) is 4. The van der Waals surface area contributed by atoms with Crippen LogP contribution in [0.4, 0.5) is 5.82 Å².